The maximum Gasteiger partial charge on any atom is 0.229 e. The van der Waals surface area contributed by atoms with Gasteiger partial charge < -0.3 is 0 Å². The van der Waals surface area contributed by atoms with Crippen molar-refractivity contribution in [2.75, 3.05) is 11.0 Å². The van der Waals surface area contributed by atoms with Crippen molar-refractivity contribution >= 4 is 27.0 Å². The first-order valence-corrected chi connectivity index (χ1v) is 7.12. The summed E-state index contributed by atoms with van der Waals surface area (Å²) in [5, 5.41) is 4.63. The van der Waals surface area contributed by atoms with Crippen LogP contribution in [0.2, 0.25) is 0 Å². The second-order valence-electron chi connectivity index (χ2n) is 3.14. The van der Waals surface area contributed by atoms with Crippen molar-refractivity contribution in [2.24, 2.45) is 5.18 Å². The predicted molar refractivity (Wildman–Crippen MR) is 61.6 cm³/mol. The molecule has 5 nitrogen and oxygen atoms in total. The van der Waals surface area contributed by atoms with Crippen molar-refractivity contribution in [1.82, 2.24) is 0 Å². The first kappa shape index (κ1) is 12.1. The van der Waals surface area contributed by atoms with Gasteiger partial charge in [0.15, 0.2) is 0 Å². The molecule has 0 aliphatic carbocycles. The minimum absolute atomic E-state index is 0.384. The standard InChI is InChI=1S/C8H12N2O3S2/c1-3-7(9-11)8-4-6(5-14-8)10-15(2,12)13/h4-5,7,10H,3H2,1-2H3. The maximum absolute atomic E-state index is 10.9. The van der Waals surface area contributed by atoms with E-state index in [-0.39, 0.29) is 6.04 Å². The molecule has 84 valence electrons. The molecular formula is C8H12N2O3S2. The van der Waals surface area contributed by atoms with Crippen LogP contribution in [-0.2, 0) is 10.0 Å². The number of nitroso groups, excluding NO2 is 1. The summed E-state index contributed by atoms with van der Waals surface area (Å²) in [7, 11) is -3.26. The van der Waals surface area contributed by atoms with E-state index in [0.717, 1.165) is 11.1 Å². The lowest BCUT2D eigenvalue weighted by atomic mass is 10.2. The second-order valence-corrected chi connectivity index (χ2v) is 5.83. The van der Waals surface area contributed by atoms with Crippen LogP contribution < -0.4 is 4.72 Å². The lowest BCUT2D eigenvalue weighted by Crippen LogP contribution is -2.08. The van der Waals surface area contributed by atoms with E-state index in [0.29, 0.717) is 12.1 Å². The molecule has 1 unspecified atom stereocenters. The Hall–Kier alpha value is -0.950. The molecular weight excluding hydrogens is 236 g/mol. The van der Waals surface area contributed by atoms with Gasteiger partial charge in [-0.15, -0.1) is 11.3 Å². The summed E-state index contributed by atoms with van der Waals surface area (Å²) in [6.07, 6.45) is 1.70. The summed E-state index contributed by atoms with van der Waals surface area (Å²) in [5.41, 5.74) is 0.486. The molecule has 1 aromatic rings. The van der Waals surface area contributed by atoms with Crippen molar-refractivity contribution in [3.05, 3.63) is 21.2 Å². The van der Waals surface area contributed by atoms with Crippen molar-refractivity contribution < 1.29 is 8.42 Å². The van der Waals surface area contributed by atoms with Crippen LogP contribution in [0, 0.1) is 4.91 Å². The minimum atomic E-state index is -3.26. The van der Waals surface area contributed by atoms with Gasteiger partial charge >= 0.3 is 0 Å². The molecule has 0 aliphatic heterocycles. The maximum atomic E-state index is 10.9. The smallest absolute Gasteiger partial charge is 0.229 e. The summed E-state index contributed by atoms with van der Waals surface area (Å²) in [4.78, 5) is 11.2. The topological polar surface area (TPSA) is 75.6 Å². The number of nitrogens with one attached hydrogen (secondary N) is 1. The fourth-order valence-corrected chi connectivity index (χ4v) is 2.70. The molecule has 1 rings (SSSR count). The normalized spacial score (nSPS) is 13.5. The highest BCUT2D eigenvalue weighted by atomic mass is 32.2. The van der Waals surface area contributed by atoms with Gasteiger partial charge in [-0.25, -0.2) is 8.42 Å². The molecule has 0 aromatic carbocycles. The average molecular weight is 248 g/mol. The van der Waals surface area contributed by atoms with Gasteiger partial charge in [0.05, 0.1) is 11.9 Å². The molecule has 1 N–H and O–H groups in total. The Kier molecular flexibility index (Phi) is 3.81. The zero-order valence-electron chi connectivity index (χ0n) is 8.43. The Labute approximate surface area is 92.5 Å². The molecule has 15 heavy (non-hydrogen) atoms. The monoisotopic (exact) mass is 248 g/mol. The number of sulfonamides is 1. The van der Waals surface area contributed by atoms with Crippen molar-refractivity contribution in [3.8, 4) is 0 Å². The fraction of sp³-hybridized carbons (Fsp3) is 0.500. The Balaban J connectivity index is 2.85. The molecule has 1 atom stereocenters. The van der Waals surface area contributed by atoms with Crippen LogP contribution in [0.25, 0.3) is 0 Å². The summed E-state index contributed by atoms with van der Waals surface area (Å²) in [6, 6.07) is 1.26. The second kappa shape index (κ2) is 4.71. The van der Waals surface area contributed by atoms with Gasteiger partial charge in [-0.3, -0.25) is 4.72 Å². The highest BCUT2D eigenvalue weighted by Crippen LogP contribution is 2.29. The Morgan fingerprint density at radius 1 is 1.60 bits per heavy atom. The SMILES string of the molecule is CCC(N=O)c1cc(NS(C)(=O)=O)cs1. The zero-order chi connectivity index (χ0) is 11.5. The number of thiophene rings is 1. The third-order valence-electron chi connectivity index (χ3n) is 1.77. The third kappa shape index (κ3) is 3.60. The highest BCUT2D eigenvalue weighted by molar-refractivity contribution is 7.92. The van der Waals surface area contributed by atoms with Gasteiger partial charge in [-0.1, -0.05) is 12.1 Å². The van der Waals surface area contributed by atoms with Gasteiger partial charge in [0.25, 0.3) is 0 Å². The molecule has 0 saturated carbocycles. The molecule has 1 heterocycles. The van der Waals surface area contributed by atoms with Crippen molar-refractivity contribution in [2.45, 2.75) is 19.4 Å². The number of hydrogen-bond acceptors (Lipinski definition) is 5. The van der Waals surface area contributed by atoms with Gasteiger partial charge in [0, 0.05) is 10.3 Å². The first-order valence-electron chi connectivity index (χ1n) is 4.35. The molecule has 0 amide bonds. The Morgan fingerprint density at radius 2 is 2.27 bits per heavy atom. The van der Waals surface area contributed by atoms with E-state index < -0.39 is 10.0 Å². The first-order chi connectivity index (χ1) is 6.96. The largest absolute Gasteiger partial charge is 0.283 e. The summed E-state index contributed by atoms with van der Waals surface area (Å²) >= 11 is 1.33. The van der Waals surface area contributed by atoms with E-state index in [2.05, 4.69) is 9.90 Å². The van der Waals surface area contributed by atoms with Crippen molar-refractivity contribution in [3.63, 3.8) is 0 Å². The lowest BCUT2D eigenvalue weighted by Gasteiger charge is -2.01. The van der Waals surface area contributed by atoms with E-state index in [4.69, 9.17) is 0 Å². The molecule has 0 fully saturated rings. The van der Waals surface area contributed by atoms with Crippen LogP contribution in [0.3, 0.4) is 0 Å². The molecule has 0 radical (unpaired) electrons. The highest BCUT2D eigenvalue weighted by Gasteiger charge is 2.13. The van der Waals surface area contributed by atoms with Gasteiger partial charge in [0.2, 0.25) is 10.0 Å². The molecule has 0 bridgehead atoms. The Bertz CT molecular complexity index is 438. The quantitative estimate of drug-likeness (QED) is 0.812. The van der Waals surface area contributed by atoms with Crippen LogP contribution in [0.1, 0.15) is 24.3 Å². The zero-order valence-corrected chi connectivity index (χ0v) is 10.1. The number of rotatable bonds is 5. The molecule has 0 aliphatic rings. The van der Waals surface area contributed by atoms with E-state index in [1.54, 1.807) is 11.4 Å². The summed E-state index contributed by atoms with van der Waals surface area (Å²) in [6.45, 7) is 1.86. The summed E-state index contributed by atoms with van der Waals surface area (Å²) in [5.74, 6) is 0. The molecule has 1 aromatic heterocycles. The van der Waals surface area contributed by atoms with Crippen molar-refractivity contribution in [1.29, 1.82) is 0 Å². The molecule has 0 spiro atoms. The van der Waals surface area contributed by atoms with Crippen LogP contribution in [0.4, 0.5) is 5.69 Å². The molecule has 0 saturated heterocycles. The van der Waals surface area contributed by atoms with Crippen LogP contribution in [0.5, 0.6) is 0 Å². The van der Waals surface area contributed by atoms with E-state index in [1.807, 2.05) is 6.92 Å². The van der Waals surface area contributed by atoms with Gasteiger partial charge in [0.1, 0.15) is 6.04 Å². The van der Waals surface area contributed by atoms with Gasteiger partial charge in [-0.2, -0.15) is 4.91 Å². The lowest BCUT2D eigenvalue weighted by molar-refractivity contribution is 0.607. The van der Waals surface area contributed by atoms with Crippen LogP contribution in [0.15, 0.2) is 16.6 Å². The van der Waals surface area contributed by atoms with Crippen LogP contribution >= 0.6 is 11.3 Å². The Morgan fingerprint density at radius 3 is 2.73 bits per heavy atom. The predicted octanol–water partition coefficient (Wildman–Crippen LogP) is 2.34. The van der Waals surface area contributed by atoms with Crippen LogP contribution in [-0.4, -0.2) is 14.7 Å². The van der Waals surface area contributed by atoms with E-state index in [1.165, 1.54) is 11.3 Å². The summed E-state index contributed by atoms with van der Waals surface area (Å²) < 4.78 is 24.2. The third-order valence-corrected chi connectivity index (χ3v) is 3.41. The average Bonchev–Trinajstić information content (AvgIpc) is 2.52. The molecule has 7 heteroatoms. The number of hydrogen-bond donors (Lipinski definition) is 1. The number of anilines is 1. The number of nitrogens with zero attached hydrogens (tertiary/aromatic N) is 1. The van der Waals surface area contributed by atoms with E-state index in [9.17, 15) is 13.3 Å². The van der Waals surface area contributed by atoms with E-state index >= 15 is 0 Å². The minimum Gasteiger partial charge on any atom is -0.283 e. The van der Waals surface area contributed by atoms with Gasteiger partial charge in [-0.05, 0) is 12.5 Å². The fourth-order valence-electron chi connectivity index (χ4n) is 1.12.